The Morgan fingerprint density at radius 1 is 1.44 bits per heavy atom. The predicted octanol–water partition coefficient (Wildman–Crippen LogP) is 0.0932. The van der Waals surface area contributed by atoms with Crippen LogP contribution in [-0.4, -0.2) is 55.2 Å². The molecule has 0 aromatic carbocycles. The van der Waals surface area contributed by atoms with Gasteiger partial charge in [-0.05, 0) is 32.2 Å². The molecule has 0 radical (unpaired) electrons. The van der Waals surface area contributed by atoms with E-state index in [0.29, 0.717) is 12.2 Å². The molecule has 5 nitrogen and oxygen atoms in total. The zero-order chi connectivity index (χ0) is 13.0. The minimum Gasteiger partial charge on any atom is -0.372 e. The molecule has 5 heteroatoms. The summed E-state index contributed by atoms with van der Waals surface area (Å²) in [4.78, 5) is 13.7. The van der Waals surface area contributed by atoms with Crippen molar-refractivity contribution >= 4 is 5.91 Å². The highest BCUT2D eigenvalue weighted by atomic mass is 16.5. The smallest absolute Gasteiger partial charge is 0.234 e. The number of hydrogen-bond acceptors (Lipinski definition) is 4. The van der Waals surface area contributed by atoms with Gasteiger partial charge in [0.2, 0.25) is 5.91 Å². The van der Waals surface area contributed by atoms with Crippen molar-refractivity contribution in [1.82, 2.24) is 10.2 Å². The second-order valence-corrected chi connectivity index (χ2v) is 5.41. The van der Waals surface area contributed by atoms with Crippen LogP contribution in [0, 0.1) is 0 Å². The molecule has 0 aromatic heterocycles. The number of primary amides is 1. The minimum absolute atomic E-state index is 0.189. The molecule has 0 aliphatic carbocycles. The number of ether oxygens (including phenoxy) is 1. The van der Waals surface area contributed by atoms with Gasteiger partial charge in [0.1, 0.15) is 0 Å². The Balaban J connectivity index is 1.73. The highest BCUT2D eigenvalue weighted by molar-refractivity contribution is 5.79. The second-order valence-electron chi connectivity index (χ2n) is 5.41. The van der Waals surface area contributed by atoms with Crippen molar-refractivity contribution in [3.05, 3.63) is 0 Å². The van der Waals surface area contributed by atoms with Gasteiger partial charge >= 0.3 is 0 Å². The Morgan fingerprint density at radius 3 is 2.67 bits per heavy atom. The van der Waals surface area contributed by atoms with Crippen LogP contribution < -0.4 is 11.1 Å². The Hall–Kier alpha value is -0.650. The number of nitrogens with two attached hydrogens (primary N) is 1. The highest BCUT2D eigenvalue weighted by Crippen LogP contribution is 2.26. The Morgan fingerprint density at radius 2 is 2.11 bits per heavy atom. The number of nitrogens with zero attached hydrogens (tertiary/aromatic N) is 1. The summed E-state index contributed by atoms with van der Waals surface area (Å²) in [5.74, 6) is -0.236. The van der Waals surface area contributed by atoms with Gasteiger partial charge in [0.25, 0.3) is 0 Å². The lowest BCUT2D eigenvalue weighted by atomic mass is 10.1. The monoisotopic (exact) mass is 255 g/mol. The van der Waals surface area contributed by atoms with Gasteiger partial charge in [0.15, 0.2) is 0 Å². The molecular formula is C13H25N3O2. The largest absolute Gasteiger partial charge is 0.372 e. The van der Waals surface area contributed by atoms with Crippen LogP contribution in [0.2, 0.25) is 0 Å². The van der Waals surface area contributed by atoms with Gasteiger partial charge in [0, 0.05) is 19.6 Å². The lowest BCUT2D eigenvalue weighted by Crippen LogP contribution is -2.47. The van der Waals surface area contributed by atoms with Gasteiger partial charge in [-0.15, -0.1) is 0 Å². The predicted molar refractivity (Wildman–Crippen MR) is 70.2 cm³/mol. The topological polar surface area (TPSA) is 67.6 Å². The summed E-state index contributed by atoms with van der Waals surface area (Å²) in [6, 6.07) is -0.189. The number of morpholine rings is 1. The third-order valence-corrected chi connectivity index (χ3v) is 3.84. The van der Waals surface area contributed by atoms with Gasteiger partial charge in [0.05, 0.1) is 18.2 Å². The number of rotatable bonds is 7. The molecule has 1 amide bonds. The van der Waals surface area contributed by atoms with E-state index >= 15 is 0 Å². The summed E-state index contributed by atoms with van der Waals surface area (Å²) < 4.78 is 5.80. The van der Waals surface area contributed by atoms with E-state index in [1.165, 1.54) is 12.8 Å². The van der Waals surface area contributed by atoms with Gasteiger partial charge in [-0.25, -0.2) is 0 Å². The van der Waals surface area contributed by atoms with E-state index in [4.69, 9.17) is 10.5 Å². The van der Waals surface area contributed by atoms with Crippen LogP contribution in [0.25, 0.3) is 0 Å². The molecule has 2 heterocycles. The number of carbonyl (C=O) groups is 1. The van der Waals surface area contributed by atoms with Crippen molar-refractivity contribution in [2.75, 3.05) is 26.2 Å². The molecule has 2 aliphatic heterocycles. The van der Waals surface area contributed by atoms with Gasteiger partial charge < -0.3 is 15.8 Å². The van der Waals surface area contributed by atoms with Crippen LogP contribution in [0.3, 0.4) is 0 Å². The van der Waals surface area contributed by atoms with Gasteiger partial charge in [-0.3, -0.25) is 9.69 Å². The highest BCUT2D eigenvalue weighted by Gasteiger charge is 2.33. The molecule has 2 rings (SSSR count). The first-order valence-corrected chi connectivity index (χ1v) is 7.09. The fraction of sp³-hybridized carbons (Fsp3) is 0.923. The first-order valence-electron chi connectivity index (χ1n) is 7.09. The SMILES string of the molecule is CCCNC(CCN1CC2CCC(C1)O2)C(N)=O. The zero-order valence-corrected chi connectivity index (χ0v) is 11.2. The van der Waals surface area contributed by atoms with Crippen LogP contribution in [0.15, 0.2) is 0 Å². The van der Waals surface area contributed by atoms with Crippen molar-refractivity contribution in [3.63, 3.8) is 0 Å². The number of carbonyl (C=O) groups excluding carboxylic acids is 1. The molecule has 2 bridgehead atoms. The molecule has 3 unspecified atom stereocenters. The maximum absolute atomic E-state index is 11.3. The van der Waals surface area contributed by atoms with Crippen LogP contribution in [-0.2, 0) is 9.53 Å². The quantitative estimate of drug-likeness (QED) is 0.677. The molecular weight excluding hydrogens is 230 g/mol. The first-order chi connectivity index (χ1) is 8.69. The molecule has 104 valence electrons. The summed E-state index contributed by atoms with van der Waals surface area (Å²) in [5.41, 5.74) is 5.42. The average Bonchev–Trinajstić information content (AvgIpc) is 2.68. The van der Waals surface area contributed by atoms with Crippen molar-refractivity contribution in [2.45, 2.75) is 50.9 Å². The fourth-order valence-corrected chi connectivity index (χ4v) is 2.86. The van der Waals surface area contributed by atoms with Crippen molar-refractivity contribution < 1.29 is 9.53 Å². The van der Waals surface area contributed by atoms with Gasteiger partial charge in [-0.2, -0.15) is 0 Å². The van der Waals surface area contributed by atoms with E-state index in [0.717, 1.165) is 39.0 Å². The molecule has 3 atom stereocenters. The van der Waals surface area contributed by atoms with Crippen molar-refractivity contribution in [3.8, 4) is 0 Å². The fourth-order valence-electron chi connectivity index (χ4n) is 2.86. The third kappa shape index (κ3) is 3.67. The standard InChI is InChI=1S/C13H25N3O2/c1-2-6-15-12(13(14)17)5-7-16-8-10-3-4-11(9-16)18-10/h10-12,15H,2-9H2,1H3,(H2,14,17). The summed E-state index contributed by atoms with van der Waals surface area (Å²) in [5, 5.41) is 3.21. The molecule has 0 spiro atoms. The van der Waals surface area contributed by atoms with E-state index in [9.17, 15) is 4.79 Å². The number of amides is 1. The maximum Gasteiger partial charge on any atom is 0.234 e. The number of hydrogen-bond donors (Lipinski definition) is 2. The molecule has 0 saturated carbocycles. The maximum atomic E-state index is 11.3. The van der Waals surface area contributed by atoms with E-state index in [1.54, 1.807) is 0 Å². The first kappa shape index (κ1) is 13.8. The van der Waals surface area contributed by atoms with Crippen LogP contribution >= 0.6 is 0 Å². The molecule has 18 heavy (non-hydrogen) atoms. The lowest BCUT2D eigenvalue weighted by molar-refractivity contribution is -0.120. The summed E-state index contributed by atoms with van der Waals surface area (Å²) in [6.45, 7) is 5.89. The summed E-state index contributed by atoms with van der Waals surface area (Å²) >= 11 is 0. The second kappa shape index (κ2) is 6.50. The number of likely N-dealkylation sites (tertiary alicyclic amines) is 1. The van der Waals surface area contributed by atoms with E-state index < -0.39 is 0 Å². The Bertz CT molecular complexity index is 273. The average molecular weight is 255 g/mol. The summed E-state index contributed by atoms with van der Waals surface area (Å²) in [6.07, 6.45) is 5.03. The lowest BCUT2D eigenvalue weighted by Gasteiger charge is -2.32. The Kier molecular flexibility index (Phi) is 4.97. The molecule has 2 aliphatic rings. The van der Waals surface area contributed by atoms with E-state index in [-0.39, 0.29) is 11.9 Å². The minimum atomic E-state index is -0.236. The Labute approximate surface area is 109 Å². The van der Waals surface area contributed by atoms with Gasteiger partial charge in [-0.1, -0.05) is 6.92 Å². The van der Waals surface area contributed by atoms with E-state index in [2.05, 4.69) is 17.1 Å². The summed E-state index contributed by atoms with van der Waals surface area (Å²) in [7, 11) is 0. The number of nitrogens with one attached hydrogen (secondary N) is 1. The molecule has 3 N–H and O–H groups in total. The van der Waals surface area contributed by atoms with Crippen molar-refractivity contribution in [1.29, 1.82) is 0 Å². The van der Waals surface area contributed by atoms with Crippen molar-refractivity contribution in [2.24, 2.45) is 5.73 Å². The molecule has 0 aromatic rings. The van der Waals surface area contributed by atoms with Crippen LogP contribution in [0.5, 0.6) is 0 Å². The van der Waals surface area contributed by atoms with E-state index in [1.807, 2.05) is 0 Å². The van der Waals surface area contributed by atoms with Crippen LogP contribution in [0.1, 0.15) is 32.6 Å². The molecule has 2 saturated heterocycles. The molecule has 2 fully saturated rings. The number of fused-ring (bicyclic) bond motifs is 2. The normalized spacial score (nSPS) is 29.4. The van der Waals surface area contributed by atoms with Crippen LogP contribution in [0.4, 0.5) is 0 Å². The zero-order valence-electron chi connectivity index (χ0n) is 11.2. The third-order valence-electron chi connectivity index (χ3n) is 3.84.